The summed E-state index contributed by atoms with van der Waals surface area (Å²) in [6, 6.07) is 0. The van der Waals surface area contributed by atoms with Gasteiger partial charge in [-0.1, -0.05) is 32.0 Å². The number of rotatable bonds is 5. The number of aromatic nitrogens is 3. The zero-order valence-electron chi connectivity index (χ0n) is 7.63. The lowest BCUT2D eigenvalue weighted by molar-refractivity contribution is 0.755. The van der Waals surface area contributed by atoms with Crippen LogP contribution in [0, 0.1) is 0 Å². The van der Waals surface area contributed by atoms with Gasteiger partial charge >= 0.3 is 0 Å². The zero-order valence-corrected chi connectivity index (χ0v) is 8.45. The average molecular weight is 185 g/mol. The van der Waals surface area contributed by atoms with Gasteiger partial charge in [-0.2, -0.15) is 5.10 Å². The molecular weight excluding hydrogens is 170 g/mol. The number of hydrogen-bond donors (Lipinski definition) is 1. The molecule has 0 aromatic carbocycles. The van der Waals surface area contributed by atoms with Crippen LogP contribution in [0.15, 0.2) is 5.16 Å². The Bertz CT molecular complexity index is 222. The molecule has 4 heteroatoms. The first kappa shape index (κ1) is 9.58. The largest absolute Gasteiger partial charge is 0.254 e. The molecule has 1 N–H and O–H groups in total. The van der Waals surface area contributed by atoms with Crippen molar-refractivity contribution in [3.05, 3.63) is 5.82 Å². The van der Waals surface area contributed by atoms with Gasteiger partial charge in [-0.25, -0.2) is 4.98 Å². The van der Waals surface area contributed by atoms with Gasteiger partial charge in [0.25, 0.3) is 0 Å². The highest BCUT2D eigenvalue weighted by molar-refractivity contribution is 7.99. The van der Waals surface area contributed by atoms with Gasteiger partial charge in [-0.05, 0) is 12.2 Å². The van der Waals surface area contributed by atoms with E-state index in [1.807, 2.05) is 0 Å². The molecule has 12 heavy (non-hydrogen) atoms. The number of aryl methyl sites for hydroxylation is 1. The van der Waals surface area contributed by atoms with Crippen molar-refractivity contribution in [3.63, 3.8) is 0 Å². The van der Waals surface area contributed by atoms with Gasteiger partial charge in [0.1, 0.15) is 0 Å². The Labute approximate surface area is 77.4 Å². The van der Waals surface area contributed by atoms with Crippen LogP contribution in [-0.2, 0) is 6.42 Å². The molecule has 1 aromatic rings. The van der Waals surface area contributed by atoms with Crippen LogP contribution in [0.3, 0.4) is 0 Å². The minimum Gasteiger partial charge on any atom is -0.254 e. The minimum absolute atomic E-state index is 0.948. The van der Waals surface area contributed by atoms with Crippen LogP contribution < -0.4 is 0 Å². The van der Waals surface area contributed by atoms with E-state index in [1.165, 1.54) is 12.8 Å². The third-order valence-electron chi connectivity index (χ3n) is 1.55. The Morgan fingerprint density at radius 2 is 2.25 bits per heavy atom. The van der Waals surface area contributed by atoms with E-state index in [0.29, 0.717) is 0 Å². The quantitative estimate of drug-likeness (QED) is 0.715. The summed E-state index contributed by atoms with van der Waals surface area (Å²) < 4.78 is 0. The number of hydrogen-bond acceptors (Lipinski definition) is 3. The van der Waals surface area contributed by atoms with Crippen LogP contribution in [-0.4, -0.2) is 20.9 Å². The first-order chi connectivity index (χ1) is 5.86. The van der Waals surface area contributed by atoms with Crippen LogP contribution in [0.1, 0.15) is 32.5 Å². The third kappa shape index (κ3) is 2.85. The predicted octanol–water partition coefficient (Wildman–Crippen LogP) is 2.26. The van der Waals surface area contributed by atoms with Gasteiger partial charge in [0, 0.05) is 6.42 Å². The van der Waals surface area contributed by atoms with Crippen molar-refractivity contribution in [2.24, 2.45) is 0 Å². The minimum atomic E-state index is 0.948. The van der Waals surface area contributed by atoms with Crippen LogP contribution in [0.2, 0.25) is 0 Å². The predicted molar refractivity (Wildman–Crippen MR) is 51.4 cm³/mol. The second-order valence-corrected chi connectivity index (χ2v) is 3.85. The molecule has 1 aromatic heterocycles. The number of H-pyrrole nitrogens is 1. The van der Waals surface area contributed by atoms with E-state index in [9.17, 15) is 0 Å². The maximum atomic E-state index is 4.33. The molecule has 0 aliphatic rings. The Balaban J connectivity index is 2.41. The second kappa shape index (κ2) is 5.19. The van der Waals surface area contributed by atoms with Crippen LogP contribution in [0.25, 0.3) is 0 Å². The monoisotopic (exact) mass is 185 g/mol. The van der Waals surface area contributed by atoms with Crippen molar-refractivity contribution < 1.29 is 0 Å². The molecule has 3 nitrogen and oxygen atoms in total. The maximum absolute atomic E-state index is 4.33. The van der Waals surface area contributed by atoms with Crippen LogP contribution >= 0.6 is 11.8 Å². The van der Waals surface area contributed by atoms with E-state index in [2.05, 4.69) is 29.0 Å². The lowest BCUT2D eigenvalue weighted by atomic mass is 10.2. The smallest absolute Gasteiger partial charge is 0.183 e. The van der Waals surface area contributed by atoms with Crippen molar-refractivity contribution in [1.29, 1.82) is 0 Å². The molecule has 0 saturated carbocycles. The highest BCUT2D eigenvalue weighted by Crippen LogP contribution is 2.11. The maximum Gasteiger partial charge on any atom is 0.183 e. The molecule has 0 radical (unpaired) electrons. The van der Waals surface area contributed by atoms with E-state index in [1.54, 1.807) is 11.8 Å². The fourth-order valence-corrected chi connectivity index (χ4v) is 1.48. The molecule has 68 valence electrons. The van der Waals surface area contributed by atoms with E-state index in [4.69, 9.17) is 0 Å². The van der Waals surface area contributed by atoms with Gasteiger partial charge in [-0.3, -0.25) is 5.10 Å². The fourth-order valence-electron chi connectivity index (χ4n) is 0.928. The lowest BCUT2D eigenvalue weighted by Gasteiger charge is -1.89. The number of thioether (sulfide) groups is 1. The van der Waals surface area contributed by atoms with Gasteiger partial charge < -0.3 is 0 Å². The Morgan fingerprint density at radius 1 is 1.42 bits per heavy atom. The SMILES string of the molecule is CCCCc1n[nH]c(SCC)n1. The molecule has 0 fully saturated rings. The van der Waals surface area contributed by atoms with Crippen molar-refractivity contribution in [3.8, 4) is 0 Å². The molecule has 0 bridgehead atoms. The zero-order chi connectivity index (χ0) is 8.81. The number of nitrogens with one attached hydrogen (secondary N) is 1. The molecule has 0 unspecified atom stereocenters. The molecule has 0 spiro atoms. The fraction of sp³-hybridized carbons (Fsp3) is 0.750. The molecule has 0 aliphatic carbocycles. The molecule has 1 rings (SSSR count). The van der Waals surface area contributed by atoms with Gasteiger partial charge in [0.2, 0.25) is 0 Å². The molecule has 0 aliphatic heterocycles. The number of unbranched alkanes of at least 4 members (excludes halogenated alkanes) is 1. The highest BCUT2D eigenvalue weighted by atomic mass is 32.2. The van der Waals surface area contributed by atoms with Crippen molar-refractivity contribution in [1.82, 2.24) is 15.2 Å². The first-order valence-corrected chi connectivity index (χ1v) is 5.39. The summed E-state index contributed by atoms with van der Waals surface area (Å²) in [5.41, 5.74) is 0. The third-order valence-corrected chi connectivity index (χ3v) is 2.29. The summed E-state index contributed by atoms with van der Waals surface area (Å²) in [5.74, 6) is 2.00. The van der Waals surface area contributed by atoms with Crippen molar-refractivity contribution in [2.45, 2.75) is 38.3 Å². The van der Waals surface area contributed by atoms with Gasteiger partial charge in [0.05, 0.1) is 0 Å². The van der Waals surface area contributed by atoms with Crippen molar-refractivity contribution >= 4 is 11.8 Å². The van der Waals surface area contributed by atoms with E-state index >= 15 is 0 Å². The number of nitrogens with zero attached hydrogens (tertiary/aromatic N) is 2. The topological polar surface area (TPSA) is 41.6 Å². The van der Waals surface area contributed by atoms with E-state index < -0.39 is 0 Å². The Morgan fingerprint density at radius 3 is 2.92 bits per heavy atom. The first-order valence-electron chi connectivity index (χ1n) is 4.40. The summed E-state index contributed by atoms with van der Waals surface area (Å²) in [4.78, 5) is 4.33. The average Bonchev–Trinajstić information content (AvgIpc) is 2.50. The van der Waals surface area contributed by atoms with E-state index in [0.717, 1.165) is 23.2 Å². The normalized spacial score (nSPS) is 10.5. The van der Waals surface area contributed by atoms with Crippen molar-refractivity contribution in [2.75, 3.05) is 5.75 Å². The highest BCUT2D eigenvalue weighted by Gasteiger charge is 2.00. The summed E-state index contributed by atoms with van der Waals surface area (Å²) in [5, 5.41) is 7.98. The lowest BCUT2D eigenvalue weighted by Crippen LogP contribution is -1.86. The molecule has 0 saturated heterocycles. The Hall–Kier alpha value is -0.510. The summed E-state index contributed by atoms with van der Waals surface area (Å²) in [7, 11) is 0. The van der Waals surface area contributed by atoms with Crippen LogP contribution in [0.4, 0.5) is 0 Å². The standard InChI is InChI=1S/C8H15N3S/c1-3-5-6-7-9-8(11-10-7)12-4-2/h3-6H2,1-2H3,(H,9,10,11). The second-order valence-electron chi connectivity index (χ2n) is 2.59. The van der Waals surface area contributed by atoms with E-state index in [-0.39, 0.29) is 0 Å². The summed E-state index contributed by atoms with van der Waals surface area (Å²) in [6.45, 7) is 4.28. The summed E-state index contributed by atoms with van der Waals surface area (Å²) >= 11 is 1.70. The summed E-state index contributed by atoms with van der Waals surface area (Å²) in [6.07, 6.45) is 3.37. The van der Waals surface area contributed by atoms with Gasteiger partial charge in [0.15, 0.2) is 11.0 Å². The molecular formula is C8H15N3S. The molecule has 0 atom stereocenters. The van der Waals surface area contributed by atoms with Crippen LogP contribution in [0.5, 0.6) is 0 Å². The number of aromatic amines is 1. The van der Waals surface area contributed by atoms with Gasteiger partial charge in [-0.15, -0.1) is 0 Å². The molecule has 0 amide bonds. The Kier molecular flexibility index (Phi) is 4.14. The molecule has 1 heterocycles.